The van der Waals surface area contributed by atoms with E-state index < -0.39 is 6.10 Å². The fourth-order valence-electron chi connectivity index (χ4n) is 2.54. The molecule has 6 nitrogen and oxygen atoms in total. The van der Waals surface area contributed by atoms with Crippen molar-refractivity contribution < 1.29 is 14.3 Å². The molecule has 0 spiro atoms. The van der Waals surface area contributed by atoms with Crippen LogP contribution >= 0.6 is 12.4 Å². The number of nitrogens with two attached hydrogens (primary N) is 1. The summed E-state index contributed by atoms with van der Waals surface area (Å²) >= 11 is 0. The zero-order valence-electron chi connectivity index (χ0n) is 13.9. The van der Waals surface area contributed by atoms with Gasteiger partial charge in [0, 0.05) is 25.2 Å². The third kappa shape index (κ3) is 5.78. The van der Waals surface area contributed by atoms with Crippen LogP contribution in [0.2, 0.25) is 0 Å². The van der Waals surface area contributed by atoms with E-state index in [1.807, 2.05) is 19.1 Å². The highest BCUT2D eigenvalue weighted by Gasteiger charge is 2.29. The topological polar surface area (TPSA) is 93.5 Å². The smallest absolute Gasteiger partial charge is 0.251 e. The predicted octanol–water partition coefficient (Wildman–Crippen LogP) is 1.37. The maximum atomic E-state index is 12.1. The summed E-state index contributed by atoms with van der Waals surface area (Å²) in [6, 6.07) is 7.26. The average Bonchev–Trinajstić information content (AvgIpc) is 3.07. The zero-order chi connectivity index (χ0) is 16.7. The molecule has 0 bridgehead atoms. The molecule has 1 heterocycles. The van der Waals surface area contributed by atoms with Gasteiger partial charge in [0.15, 0.2) is 0 Å². The van der Waals surface area contributed by atoms with Crippen LogP contribution in [0.15, 0.2) is 24.3 Å². The van der Waals surface area contributed by atoms with Crippen molar-refractivity contribution in [3.8, 4) is 0 Å². The number of carbonyl (C=O) groups excluding carboxylic acids is 2. The number of hydrogen-bond donors (Lipinski definition) is 3. The molecule has 0 unspecified atom stereocenters. The SMILES string of the molecule is CCCNC(=O)c1cccc(CNC(=O)[C@@H]2CC[C@H](CN)O2)c1.Cl. The van der Waals surface area contributed by atoms with Crippen LogP contribution in [0.5, 0.6) is 0 Å². The van der Waals surface area contributed by atoms with E-state index in [9.17, 15) is 9.59 Å². The van der Waals surface area contributed by atoms with Gasteiger partial charge in [0.1, 0.15) is 6.10 Å². The van der Waals surface area contributed by atoms with Crippen molar-refractivity contribution in [1.82, 2.24) is 10.6 Å². The van der Waals surface area contributed by atoms with Crippen LogP contribution in [-0.4, -0.2) is 37.1 Å². The van der Waals surface area contributed by atoms with Crippen LogP contribution < -0.4 is 16.4 Å². The number of benzene rings is 1. The molecular formula is C17H26ClN3O3. The molecular weight excluding hydrogens is 330 g/mol. The fraction of sp³-hybridized carbons (Fsp3) is 0.529. The highest BCUT2D eigenvalue weighted by atomic mass is 35.5. The Kier molecular flexibility index (Phi) is 8.74. The highest BCUT2D eigenvalue weighted by molar-refractivity contribution is 5.94. The van der Waals surface area contributed by atoms with Gasteiger partial charge >= 0.3 is 0 Å². The number of nitrogens with one attached hydrogen (secondary N) is 2. The summed E-state index contributed by atoms with van der Waals surface area (Å²) in [5.41, 5.74) is 7.03. The Morgan fingerprint density at radius 2 is 2.08 bits per heavy atom. The molecule has 0 radical (unpaired) electrons. The second-order valence-corrected chi connectivity index (χ2v) is 5.73. The predicted molar refractivity (Wildman–Crippen MR) is 95.1 cm³/mol. The first kappa shape index (κ1) is 20.4. The molecule has 2 amide bonds. The molecule has 134 valence electrons. The second kappa shape index (κ2) is 10.3. The molecule has 1 aliphatic heterocycles. The quantitative estimate of drug-likeness (QED) is 0.688. The van der Waals surface area contributed by atoms with Gasteiger partial charge in [-0.25, -0.2) is 0 Å². The number of halogens is 1. The van der Waals surface area contributed by atoms with Crippen molar-refractivity contribution >= 4 is 24.2 Å². The first-order valence-electron chi connectivity index (χ1n) is 8.14. The highest BCUT2D eigenvalue weighted by Crippen LogP contribution is 2.19. The van der Waals surface area contributed by atoms with Gasteiger partial charge in [-0.15, -0.1) is 12.4 Å². The van der Waals surface area contributed by atoms with E-state index in [1.54, 1.807) is 12.1 Å². The minimum atomic E-state index is -0.417. The number of hydrogen-bond acceptors (Lipinski definition) is 4. The van der Waals surface area contributed by atoms with Crippen LogP contribution in [-0.2, 0) is 16.1 Å². The number of carbonyl (C=O) groups is 2. The summed E-state index contributed by atoms with van der Waals surface area (Å²) in [5.74, 6) is -0.216. The van der Waals surface area contributed by atoms with Gasteiger partial charge in [0.05, 0.1) is 6.10 Å². The van der Waals surface area contributed by atoms with E-state index >= 15 is 0 Å². The minimum absolute atomic E-state index is 0. The van der Waals surface area contributed by atoms with Crippen molar-refractivity contribution in [1.29, 1.82) is 0 Å². The third-order valence-corrected chi connectivity index (χ3v) is 3.85. The van der Waals surface area contributed by atoms with Crippen LogP contribution in [0.25, 0.3) is 0 Å². The summed E-state index contributed by atoms with van der Waals surface area (Å²) < 4.78 is 5.57. The van der Waals surface area contributed by atoms with Gasteiger partial charge in [-0.3, -0.25) is 9.59 Å². The monoisotopic (exact) mass is 355 g/mol. The largest absolute Gasteiger partial charge is 0.364 e. The van der Waals surface area contributed by atoms with E-state index in [-0.39, 0.29) is 30.3 Å². The Hall–Kier alpha value is -1.63. The molecule has 2 atom stereocenters. The van der Waals surface area contributed by atoms with Gasteiger partial charge < -0.3 is 21.1 Å². The van der Waals surface area contributed by atoms with Crippen molar-refractivity contribution in [3.05, 3.63) is 35.4 Å². The lowest BCUT2D eigenvalue weighted by Crippen LogP contribution is -2.35. The van der Waals surface area contributed by atoms with Crippen LogP contribution in [0.3, 0.4) is 0 Å². The Balaban J connectivity index is 0.00000288. The second-order valence-electron chi connectivity index (χ2n) is 5.73. The maximum absolute atomic E-state index is 12.1. The summed E-state index contributed by atoms with van der Waals surface area (Å²) in [7, 11) is 0. The lowest BCUT2D eigenvalue weighted by Gasteiger charge is -2.13. The number of rotatable bonds is 7. The van der Waals surface area contributed by atoms with E-state index in [0.29, 0.717) is 31.6 Å². The van der Waals surface area contributed by atoms with Crippen molar-refractivity contribution in [2.24, 2.45) is 5.73 Å². The molecule has 1 aromatic rings. The Morgan fingerprint density at radius 1 is 1.29 bits per heavy atom. The standard InChI is InChI=1S/C17H25N3O3.ClH/c1-2-8-19-16(21)13-5-3-4-12(9-13)11-20-17(22)15-7-6-14(10-18)23-15;/h3-5,9,14-15H,2,6-8,10-11,18H2,1H3,(H,19,21)(H,20,22);1H/t14-,15+;/m1./s1. The summed E-state index contributed by atoms with van der Waals surface area (Å²) in [6.45, 7) is 3.48. The van der Waals surface area contributed by atoms with E-state index in [1.165, 1.54) is 0 Å². The molecule has 1 fully saturated rings. The maximum Gasteiger partial charge on any atom is 0.251 e. The van der Waals surface area contributed by atoms with Crippen molar-refractivity contribution in [3.63, 3.8) is 0 Å². The third-order valence-electron chi connectivity index (χ3n) is 3.85. The van der Waals surface area contributed by atoms with Crippen molar-refractivity contribution in [2.75, 3.05) is 13.1 Å². The lowest BCUT2D eigenvalue weighted by atomic mass is 10.1. The Labute approximate surface area is 148 Å². The zero-order valence-corrected chi connectivity index (χ0v) is 14.7. The molecule has 4 N–H and O–H groups in total. The molecule has 1 aromatic carbocycles. The van der Waals surface area contributed by atoms with Gasteiger partial charge in [-0.2, -0.15) is 0 Å². The molecule has 2 rings (SSSR count). The van der Waals surface area contributed by atoms with Gasteiger partial charge in [0.2, 0.25) is 5.91 Å². The average molecular weight is 356 g/mol. The van der Waals surface area contributed by atoms with E-state index in [2.05, 4.69) is 10.6 Å². The van der Waals surface area contributed by atoms with Gasteiger partial charge in [-0.1, -0.05) is 19.1 Å². The summed E-state index contributed by atoms with van der Waals surface area (Å²) in [5, 5.41) is 5.70. The summed E-state index contributed by atoms with van der Waals surface area (Å²) in [4.78, 5) is 24.0. The fourth-order valence-corrected chi connectivity index (χ4v) is 2.54. The number of amides is 2. The Morgan fingerprint density at radius 3 is 2.75 bits per heavy atom. The normalized spacial score (nSPS) is 19.4. The Bertz CT molecular complexity index is 554. The molecule has 7 heteroatoms. The molecule has 0 aliphatic carbocycles. The first-order valence-corrected chi connectivity index (χ1v) is 8.14. The molecule has 24 heavy (non-hydrogen) atoms. The molecule has 0 aromatic heterocycles. The first-order chi connectivity index (χ1) is 11.1. The number of ether oxygens (including phenoxy) is 1. The van der Waals surface area contributed by atoms with Crippen LogP contribution in [0.4, 0.5) is 0 Å². The van der Waals surface area contributed by atoms with E-state index in [0.717, 1.165) is 18.4 Å². The van der Waals surface area contributed by atoms with Gasteiger partial charge in [0.25, 0.3) is 5.91 Å². The molecule has 1 saturated heterocycles. The summed E-state index contributed by atoms with van der Waals surface area (Å²) in [6.07, 6.45) is 1.98. The van der Waals surface area contributed by atoms with Crippen molar-refractivity contribution in [2.45, 2.75) is 44.9 Å². The van der Waals surface area contributed by atoms with Crippen LogP contribution in [0, 0.1) is 0 Å². The van der Waals surface area contributed by atoms with Crippen LogP contribution in [0.1, 0.15) is 42.1 Å². The van der Waals surface area contributed by atoms with E-state index in [4.69, 9.17) is 10.5 Å². The molecule has 1 aliphatic rings. The lowest BCUT2D eigenvalue weighted by molar-refractivity contribution is -0.132. The minimum Gasteiger partial charge on any atom is -0.364 e. The van der Waals surface area contributed by atoms with Gasteiger partial charge in [-0.05, 0) is 37.0 Å². The molecule has 0 saturated carbocycles.